The summed E-state index contributed by atoms with van der Waals surface area (Å²) in [5.74, 6) is -0.527. The van der Waals surface area contributed by atoms with Gasteiger partial charge in [-0.2, -0.15) is 0 Å². The highest BCUT2D eigenvalue weighted by molar-refractivity contribution is 5.93. The molecule has 0 bridgehead atoms. The van der Waals surface area contributed by atoms with Crippen LogP contribution in [0.15, 0.2) is 115 Å². The monoisotopic (exact) mass is 674 g/mol. The van der Waals surface area contributed by atoms with Crippen LogP contribution in [-0.2, 0) is 40.4 Å². The molecule has 0 aliphatic carbocycles. The topological polar surface area (TPSA) is 164 Å². The van der Waals surface area contributed by atoms with Crippen molar-refractivity contribution in [3.05, 3.63) is 138 Å². The molecule has 0 spiro atoms. The first-order chi connectivity index (χ1) is 24.4. The lowest BCUT2D eigenvalue weighted by Gasteiger charge is -2.24. The number of hydrogen-bond donors (Lipinski definition) is 6. The highest BCUT2D eigenvalue weighted by Crippen LogP contribution is 2.20. The Hall–Kier alpha value is -5.45. The fraction of sp³-hybridized carbons (Fsp3) is 0.275. The molecular formula is C40H46N6O4. The van der Waals surface area contributed by atoms with Crippen molar-refractivity contribution in [1.82, 2.24) is 20.9 Å². The number of carbonyl (C=O) groups is 3. The van der Waals surface area contributed by atoms with Gasteiger partial charge in [-0.3, -0.25) is 14.4 Å². The molecule has 50 heavy (non-hydrogen) atoms. The number of hydrogen-bond acceptors (Lipinski definition) is 6. The number of nitrogens with two attached hydrogens (primary N) is 2. The number of benzene rings is 4. The summed E-state index contributed by atoms with van der Waals surface area (Å²) < 4.78 is 5.87. The van der Waals surface area contributed by atoms with Gasteiger partial charge in [0.1, 0.15) is 24.4 Å². The second-order valence-corrected chi connectivity index (χ2v) is 12.4. The van der Waals surface area contributed by atoms with Gasteiger partial charge >= 0.3 is 0 Å². The number of nitrogens with one attached hydrogen (secondary N) is 4. The summed E-state index contributed by atoms with van der Waals surface area (Å²) in [6.45, 7) is 1.22. The minimum atomic E-state index is -0.902. The zero-order valence-corrected chi connectivity index (χ0v) is 28.1. The minimum absolute atomic E-state index is 0.254. The maximum absolute atomic E-state index is 13.8. The maximum Gasteiger partial charge on any atom is 0.243 e. The number of aromatic nitrogens is 1. The molecular weight excluding hydrogens is 628 g/mol. The van der Waals surface area contributed by atoms with E-state index in [0.29, 0.717) is 44.7 Å². The van der Waals surface area contributed by atoms with Crippen LogP contribution in [-0.4, -0.2) is 47.4 Å². The molecule has 3 atom stereocenters. The first kappa shape index (κ1) is 35.8. The predicted octanol–water partition coefficient (Wildman–Crippen LogP) is 4.27. The molecule has 8 N–H and O–H groups in total. The van der Waals surface area contributed by atoms with E-state index < -0.39 is 29.9 Å². The molecule has 5 aromatic rings. The van der Waals surface area contributed by atoms with Crippen molar-refractivity contribution in [2.75, 3.05) is 6.54 Å². The van der Waals surface area contributed by atoms with Crippen LogP contribution in [0.25, 0.3) is 10.9 Å². The van der Waals surface area contributed by atoms with Crippen molar-refractivity contribution in [2.24, 2.45) is 11.5 Å². The van der Waals surface area contributed by atoms with E-state index in [9.17, 15) is 14.4 Å². The quantitative estimate of drug-likeness (QED) is 0.0760. The summed E-state index contributed by atoms with van der Waals surface area (Å²) in [6.07, 6.45) is 4.02. The van der Waals surface area contributed by atoms with Gasteiger partial charge in [-0.15, -0.1) is 0 Å². The zero-order valence-electron chi connectivity index (χ0n) is 28.1. The lowest BCUT2D eigenvalue weighted by atomic mass is 10.0. The standard InChI is InChI=1S/C40H46N6O4/c41-22-10-9-17-36(45-38(47)34(42)23-28-18-20-32(21-19-28)50-27-30-13-5-2-6-14-30)40(49)46-37(39(48)44-25-29-11-3-1-4-12-29)24-31-26-43-35-16-8-7-15-33(31)35/h1-8,11-16,18-21,26,34,36-37,43H,9-10,17,22-25,27,41-42H2,(H,44,48)(H,45,47)(H,46,49)/t34-,36-,37-/m0/s1. The van der Waals surface area contributed by atoms with E-state index in [-0.39, 0.29) is 18.7 Å². The summed E-state index contributed by atoms with van der Waals surface area (Å²) >= 11 is 0. The smallest absolute Gasteiger partial charge is 0.243 e. The van der Waals surface area contributed by atoms with Gasteiger partial charge in [0.25, 0.3) is 0 Å². The van der Waals surface area contributed by atoms with Gasteiger partial charge in [-0.05, 0) is 72.7 Å². The third-order valence-corrected chi connectivity index (χ3v) is 8.59. The Morgan fingerprint density at radius 2 is 1.34 bits per heavy atom. The third-order valence-electron chi connectivity index (χ3n) is 8.59. The Morgan fingerprint density at radius 3 is 2.06 bits per heavy atom. The molecule has 10 nitrogen and oxygen atoms in total. The Kier molecular flexibility index (Phi) is 13.2. The molecule has 0 aliphatic heterocycles. The van der Waals surface area contributed by atoms with E-state index in [1.807, 2.05) is 115 Å². The van der Waals surface area contributed by atoms with Crippen molar-refractivity contribution in [3.63, 3.8) is 0 Å². The molecule has 0 fully saturated rings. The zero-order chi connectivity index (χ0) is 35.1. The highest BCUT2D eigenvalue weighted by Gasteiger charge is 2.29. The van der Waals surface area contributed by atoms with Crippen LogP contribution in [0.4, 0.5) is 0 Å². The molecule has 0 aliphatic rings. The molecule has 0 saturated heterocycles. The van der Waals surface area contributed by atoms with E-state index in [1.54, 1.807) is 0 Å². The molecule has 5 rings (SSSR count). The van der Waals surface area contributed by atoms with Crippen molar-refractivity contribution in [3.8, 4) is 5.75 Å². The average Bonchev–Trinajstić information content (AvgIpc) is 3.56. The number of unbranched alkanes of at least 4 members (excludes halogenated alkanes) is 1. The molecule has 0 radical (unpaired) electrons. The number of amides is 3. The minimum Gasteiger partial charge on any atom is -0.489 e. The molecule has 3 amide bonds. The molecule has 260 valence electrons. The van der Waals surface area contributed by atoms with Crippen molar-refractivity contribution in [1.29, 1.82) is 0 Å². The van der Waals surface area contributed by atoms with Crippen LogP contribution in [0.3, 0.4) is 0 Å². The second kappa shape index (κ2) is 18.4. The number of carbonyl (C=O) groups excluding carboxylic acids is 3. The fourth-order valence-corrected chi connectivity index (χ4v) is 5.76. The van der Waals surface area contributed by atoms with Crippen LogP contribution in [0.2, 0.25) is 0 Å². The summed E-state index contributed by atoms with van der Waals surface area (Å²) in [5, 5.41) is 9.73. The molecule has 0 saturated carbocycles. The lowest BCUT2D eigenvalue weighted by Crippen LogP contribution is -2.56. The Morgan fingerprint density at radius 1 is 0.680 bits per heavy atom. The highest BCUT2D eigenvalue weighted by atomic mass is 16.5. The number of ether oxygens (including phenoxy) is 1. The Labute approximate surface area is 293 Å². The van der Waals surface area contributed by atoms with Gasteiger partial charge in [0.05, 0.1) is 6.04 Å². The lowest BCUT2D eigenvalue weighted by molar-refractivity contribution is -0.132. The number of H-pyrrole nitrogens is 1. The first-order valence-corrected chi connectivity index (χ1v) is 17.1. The summed E-state index contributed by atoms with van der Waals surface area (Å²) in [7, 11) is 0. The molecule has 4 aromatic carbocycles. The van der Waals surface area contributed by atoms with E-state index >= 15 is 0 Å². The van der Waals surface area contributed by atoms with E-state index in [1.165, 1.54) is 0 Å². The van der Waals surface area contributed by atoms with Gasteiger partial charge in [-0.1, -0.05) is 91.0 Å². The number of rotatable bonds is 18. The molecule has 10 heteroatoms. The van der Waals surface area contributed by atoms with Crippen molar-refractivity contribution >= 4 is 28.6 Å². The van der Waals surface area contributed by atoms with Crippen LogP contribution in [0, 0.1) is 0 Å². The predicted molar refractivity (Wildman–Crippen MR) is 196 cm³/mol. The third kappa shape index (κ3) is 10.5. The average molecular weight is 675 g/mol. The largest absolute Gasteiger partial charge is 0.489 e. The number of fused-ring (bicyclic) bond motifs is 1. The maximum atomic E-state index is 13.8. The van der Waals surface area contributed by atoms with Crippen molar-refractivity contribution in [2.45, 2.75) is 63.4 Å². The van der Waals surface area contributed by atoms with Crippen LogP contribution in [0.1, 0.15) is 41.5 Å². The van der Waals surface area contributed by atoms with Crippen LogP contribution < -0.4 is 32.2 Å². The van der Waals surface area contributed by atoms with E-state index in [0.717, 1.165) is 33.2 Å². The van der Waals surface area contributed by atoms with E-state index in [4.69, 9.17) is 16.2 Å². The van der Waals surface area contributed by atoms with Crippen LogP contribution in [0.5, 0.6) is 5.75 Å². The normalized spacial score (nSPS) is 12.8. The fourth-order valence-electron chi connectivity index (χ4n) is 5.76. The van der Waals surface area contributed by atoms with E-state index in [2.05, 4.69) is 20.9 Å². The van der Waals surface area contributed by atoms with Gasteiger partial charge in [0.2, 0.25) is 17.7 Å². The van der Waals surface area contributed by atoms with Gasteiger partial charge in [0, 0.05) is 30.1 Å². The summed E-state index contributed by atoms with van der Waals surface area (Å²) in [5.41, 5.74) is 16.8. The summed E-state index contributed by atoms with van der Waals surface area (Å²) in [4.78, 5) is 44.0. The molecule has 0 unspecified atom stereocenters. The molecule has 1 heterocycles. The van der Waals surface area contributed by atoms with Crippen molar-refractivity contribution < 1.29 is 19.1 Å². The van der Waals surface area contributed by atoms with Gasteiger partial charge in [0.15, 0.2) is 0 Å². The van der Waals surface area contributed by atoms with Gasteiger partial charge in [-0.25, -0.2) is 0 Å². The SMILES string of the molecule is NCCCC[C@H](NC(=O)[C@@H](N)Cc1ccc(OCc2ccccc2)cc1)C(=O)N[C@@H](Cc1c[nH]c2ccccc12)C(=O)NCc1ccccc1. The second-order valence-electron chi connectivity index (χ2n) is 12.4. The first-order valence-electron chi connectivity index (χ1n) is 17.1. The Bertz CT molecular complexity index is 1810. The summed E-state index contributed by atoms with van der Waals surface area (Å²) in [6, 6.07) is 32.0. The number of aromatic amines is 1. The molecule has 1 aromatic heterocycles. The van der Waals surface area contributed by atoms with Crippen LogP contribution >= 0.6 is 0 Å². The van der Waals surface area contributed by atoms with Gasteiger partial charge < -0.3 is 37.1 Å². The Balaban J connectivity index is 1.23. The number of para-hydroxylation sites is 1.